The lowest BCUT2D eigenvalue weighted by atomic mass is 10.1. The van der Waals surface area contributed by atoms with Crippen molar-refractivity contribution < 1.29 is 13.2 Å². The summed E-state index contributed by atoms with van der Waals surface area (Å²) in [6.07, 6.45) is 1.96. The molecule has 1 amide bonds. The maximum Gasteiger partial charge on any atom is 0.255 e. The van der Waals surface area contributed by atoms with Crippen LogP contribution in [0.25, 0.3) is 0 Å². The first-order valence-electron chi connectivity index (χ1n) is 9.50. The zero-order chi connectivity index (χ0) is 21.3. The third kappa shape index (κ3) is 7.06. The fraction of sp³-hybridized carbons (Fsp3) is 0.333. The Balaban J connectivity index is 2.21. The average molecular weight is 480 g/mol. The minimum Gasteiger partial charge on any atom is -0.272 e. The van der Waals surface area contributed by atoms with E-state index >= 15 is 0 Å². The van der Waals surface area contributed by atoms with Gasteiger partial charge in [-0.1, -0.05) is 60.1 Å². The van der Waals surface area contributed by atoms with E-state index in [-0.39, 0.29) is 18.0 Å². The van der Waals surface area contributed by atoms with Gasteiger partial charge in [-0.3, -0.25) is 4.79 Å². The molecule has 0 bridgehead atoms. The molecule has 0 heterocycles. The van der Waals surface area contributed by atoms with Crippen LogP contribution in [0.2, 0.25) is 0 Å². The van der Waals surface area contributed by atoms with Crippen molar-refractivity contribution in [3.8, 4) is 0 Å². The fourth-order valence-electron chi connectivity index (χ4n) is 2.68. The molecule has 0 spiro atoms. The molecule has 2 rings (SSSR count). The third-order valence-electron chi connectivity index (χ3n) is 4.42. The van der Waals surface area contributed by atoms with Gasteiger partial charge in [0.2, 0.25) is 10.0 Å². The van der Waals surface area contributed by atoms with E-state index in [0.29, 0.717) is 6.42 Å². The van der Waals surface area contributed by atoms with Crippen molar-refractivity contribution in [2.45, 2.75) is 38.0 Å². The Bertz CT molecular complexity index is 923. The van der Waals surface area contributed by atoms with Gasteiger partial charge in [0.15, 0.2) is 0 Å². The number of nitrogens with zero attached hydrogens (tertiary/aromatic N) is 2. The second kappa shape index (κ2) is 11.2. The van der Waals surface area contributed by atoms with E-state index in [1.807, 2.05) is 44.2 Å². The van der Waals surface area contributed by atoms with Gasteiger partial charge in [0, 0.05) is 16.7 Å². The molecule has 0 aliphatic heterocycles. The smallest absolute Gasteiger partial charge is 0.255 e. The first kappa shape index (κ1) is 23.3. The summed E-state index contributed by atoms with van der Waals surface area (Å²) in [6, 6.07) is 16.0. The summed E-state index contributed by atoms with van der Waals surface area (Å²) in [5.74, 6) is -0.460. The summed E-state index contributed by atoms with van der Waals surface area (Å²) >= 11 is 3.31. The molecule has 1 N–H and O–H groups in total. The second-order valence-electron chi connectivity index (χ2n) is 6.45. The largest absolute Gasteiger partial charge is 0.272 e. The van der Waals surface area contributed by atoms with Crippen LogP contribution in [-0.2, 0) is 21.2 Å². The Morgan fingerprint density at radius 2 is 1.66 bits per heavy atom. The van der Waals surface area contributed by atoms with Crippen LogP contribution in [0.5, 0.6) is 0 Å². The van der Waals surface area contributed by atoms with Crippen LogP contribution in [0.4, 0.5) is 0 Å². The van der Waals surface area contributed by atoms with Gasteiger partial charge < -0.3 is 0 Å². The number of benzene rings is 2. The minimum atomic E-state index is -3.83. The zero-order valence-corrected chi connectivity index (χ0v) is 19.0. The lowest BCUT2D eigenvalue weighted by Crippen LogP contribution is -2.40. The molecule has 0 saturated carbocycles. The molecule has 0 fully saturated rings. The van der Waals surface area contributed by atoms with E-state index in [9.17, 15) is 13.2 Å². The summed E-state index contributed by atoms with van der Waals surface area (Å²) in [5.41, 5.74) is 4.33. The van der Waals surface area contributed by atoms with Gasteiger partial charge in [-0.15, -0.1) is 0 Å². The van der Waals surface area contributed by atoms with Crippen molar-refractivity contribution in [1.29, 1.82) is 0 Å². The van der Waals surface area contributed by atoms with Gasteiger partial charge in [-0.25, -0.2) is 13.8 Å². The molecule has 0 unspecified atom stereocenters. The first-order valence-corrected chi connectivity index (χ1v) is 11.7. The molecule has 0 saturated heterocycles. The molecule has 0 aliphatic carbocycles. The summed E-state index contributed by atoms with van der Waals surface area (Å²) in [5, 5.41) is 4.09. The van der Waals surface area contributed by atoms with E-state index in [1.165, 1.54) is 16.4 Å². The molecule has 6 nitrogen and oxygen atoms in total. The van der Waals surface area contributed by atoms with E-state index in [2.05, 4.69) is 26.5 Å². The van der Waals surface area contributed by atoms with E-state index in [0.717, 1.165) is 28.6 Å². The lowest BCUT2D eigenvalue weighted by molar-refractivity contribution is -0.121. The number of rotatable bonds is 10. The highest BCUT2D eigenvalue weighted by atomic mass is 79.9. The average Bonchev–Trinajstić information content (AvgIpc) is 2.72. The summed E-state index contributed by atoms with van der Waals surface area (Å²) in [6.45, 7) is 3.81. The fourth-order valence-corrected chi connectivity index (χ4v) is 4.34. The Kier molecular flexibility index (Phi) is 9.00. The molecular weight excluding hydrogens is 454 g/mol. The summed E-state index contributed by atoms with van der Waals surface area (Å²) < 4.78 is 28.3. The van der Waals surface area contributed by atoms with Crippen LogP contribution >= 0.6 is 15.9 Å². The molecular formula is C21H26BrN3O3S. The van der Waals surface area contributed by atoms with Crippen molar-refractivity contribution in [1.82, 2.24) is 9.73 Å². The van der Waals surface area contributed by atoms with Crippen molar-refractivity contribution in [2.24, 2.45) is 5.10 Å². The van der Waals surface area contributed by atoms with Gasteiger partial charge in [0.25, 0.3) is 5.91 Å². The summed E-state index contributed by atoms with van der Waals surface area (Å²) in [7, 11) is -3.83. The Labute approximate surface area is 181 Å². The molecule has 0 atom stereocenters. The van der Waals surface area contributed by atoms with Gasteiger partial charge >= 0.3 is 0 Å². The predicted molar refractivity (Wildman–Crippen MR) is 119 cm³/mol. The number of carbonyl (C=O) groups is 1. The lowest BCUT2D eigenvalue weighted by Gasteiger charge is -2.21. The Morgan fingerprint density at radius 3 is 2.24 bits per heavy atom. The quantitative estimate of drug-likeness (QED) is 0.413. The van der Waals surface area contributed by atoms with Crippen molar-refractivity contribution in [3.63, 3.8) is 0 Å². The minimum absolute atomic E-state index is 0.146. The van der Waals surface area contributed by atoms with Gasteiger partial charge in [-0.2, -0.15) is 9.41 Å². The third-order valence-corrected chi connectivity index (χ3v) is 6.81. The molecule has 0 aliphatic rings. The number of amides is 1. The van der Waals surface area contributed by atoms with Crippen LogP contribution in [0.1, 0.15) is 32.3 Å². The molecule has 2 aromatic rings. The first-order chi connectivity index (χ1) is 13.9. The highest BCUT2D eigenvalue weighted by molar-refractivity contribution is 9.10. The molecule has 2 aromatic carbocycles. The second-order valence-corrected chi connectivity index (χ2v) is 9.30. The van der Waals surface area contributed by atoms with Gasteiger partial charge in [0.05, 0.1) is 11.4 Å². The van der Waals surface area contributed by atoms with Crippen molar-refractivity contribution >= 4 is 37.6 Å². The van der Waals surface area contributed by atoms with Gasteiger partial charge in [-0.05, 0) is 49.1 Å². The number of carbonyl (C=O) groups excluding carboxylic acids is 1. The molecule has 0 aromatic heterocycles. The van der Waals surface area contributed by atoms with E-state index in [4.69, 9.17) is 0 Å². The molecule has 29 heavy (non-hydrogen) atoms. The maximum atomic E-state index is 13.1. The van der Waals surface area contributed by atoms with Crippen LogP contribution in [0.15, 0.2) is 69.1 Å². The van der Waals surface area contributed by atoms with Crippen molar-refractivity contribution in [2.75, 3.05) is 13.1 Å². The number of sulfonamides is 1. The van der Waals surface area contributed by atoms with Crippen LogP contribution in [0, 0.1) is 0 Å². The highest BCUT2D eigenvalue weighted by Gasteiger charge is 2.26. The van der Waals surface area contributed by atoms with Crippen molar-refractivity contribution in [3.05, 3.63) is 64.6 Å². The van der Waals surface area contributed by atoms with Crippen LogP contribution in [0.3, 0.4) is 0 Å². The van der Waals surface area contributed by atoms with Crippen LogP contribution in [-0.4, -0.2) is 37.4 Å². The number of nitrogens with one attached hydrogen (secondary N) is 1. The molecule has 0 radical (unpaired) electrons. The maximum absolute atomic E-state index is 13.1. The number of hydrazone groups is 1. The predicted octanol–water partition coefficient (Wildman–Crippen LogP) is 3.97. The standard InChI is InChI=1S/C21H26BrN3O3S/c1-3-19(4-2)23-24-21(26)16-25(15-14-17-8-6-5-7-9-17)29(27,28)20-12-10-18(22)11-13-20/h5-13H,3-4,14-16H2,1-2H3,(H,24,26). The highest BCUT2D eigenvalue weighted by Crippen LogP contribution is 2.19. The number of halogens is 1. The zero-order valence-electron chi connectivity index (χ0n) is 16.6. The van der Waals surface area contributed by atoms with Gasteiger partial charge in [0.1, 0.15) is 0 Å². The number of hydrogen-bond acceptors (Lipinski definition) is 4. The van der Waals surface area contributed by atoms with E-state index in [1.54, 1.807) is 12.1 Å². The molecule has 156 valence electrons. The normalized spacial score (nSPS) is 11.3. The Hall–Kier alpha value is -2.03. The molecule has 8 heteroatoms. The SMILES string of the molecule is CCC(CC)=NNC(=O)CN(CCc1ccccc1)S(=O)(=O)c1ccc(Br)cc1. The van der Waals surface area contributed by atoms with E-state index < -0.39 is 15.9 Å². The number of hydrogen-bond donors (Lipinski definition) is 1. The van der Waals surface area contributed by atoms with Crippen LogP contribution < -0.4 is 5.43 Å². The Morgan fingerprint density at radius 1 is 1.03 bits per heavy atom. The topological polar surface area (TPSA) is 78.8 Å². The summed E-state index contributed by atoms with van der Waals surface area (Å²) in [4.78, 5) is 12.5. The monoisotopic (exact) mass is 479 g/mol.